The van der Waals surface area contributed by atoms with Gasteiger partial charge in [0.05, 0.1) is 10.7 Å². The highest BCUT2D eigenvalue weighted by molar-refractivity contribution is 9.10. The Morgan fingerprint density at radius 1 is 1.36 bits per heavy atom. The van der Waals surface area contributed by atoms with Gasteiger partial charge in [0.2, 0.25) is 0 Å². The van der Waals surface area contributed by atoms with E-state index in [1.54, 1.807) is 37.7 Å². The second-order valence-corrected chi connectivity index (χ2v) is 5.56. The van der Waals surface area contributed by atoms with Crippen molar-refractivity contribution in [3.05, 3.63) is 58.3 Å². The molecule has 5 nitrogen and oxygen atoms in total. The molecule has 1 aromatic carbocycles. The molecule has 1 atom stereocenters. The number of benzene rings is 1. The third-order valence-electron chi connectivity index (χ3n) is 2.85. The molecule has 6 heteroatoms. The molecule has 0 saturated heterocycles. The molecule has 1 amide bonds. The fourth-order valence-corrected chi connectivity index (χ4v) is 2.24. The van der Waals surface area contributed by atoms with Crippen molar-refractivity contribution < 1.29 is 9.53 Å². The maximum atomic E-state index is 11.9. The average molecular weight is 362 g/mol. The van der Waals surface area contributed by atoms with E-state index in [-0.39, 0.29) is 5.91 Å². The number of carbonyl (C=O) groups excluding carboxylic acids is 1. The number of pyridine rings is 1. The minimum Gasteiger partial charge on any atom is -0.480 e. The highest BCUT2D eigenvalue weighted by Crippen LogP contribution is 2.26. The van der Waals surface area contributed by atoms with Crippen molar-refractivity contribution in [1.82, 2.24) is 10.4 Å². The summed E-state index contributed by atoms with van der Waals surface area (Å²) in [5.74, 6) is 0.296. The lowest BCUT2D eigenvalue weighted by Gasteiger charge is -2.14. The first-order chi connectivity index (χ1) is 10.6. The van der Waals surface area contributed by atoms with E-state index < -0.39 is 6.10 Å². The third-order valence-corrected chi connectivity index (χ3v) is 3.47. The molecule has 1 N–H and O–H groups in total. The molecule has 2 aromatic rings. The zero-order valence-electron chi connectivity index (χ0n) is 12.3. The van der Waals surface area contributed by atoms with Gasteiger partial charge >= 0.3 is 0 Å². The van der Waals surface area contributed by atoms with Crippen LogP contribution >= 0.6 is 15.9 Å². The Hall–Kier alpha value is -2.21. The Bertz CT molecular complexity index is 674. The fourth-order valence-electron chi connectivity index (χ4n) is 1.66. The molecular weight excluding hydrogens is 346 g/mol. The number of rotatable bonds is 5. The van der Waals surface area contributed by atoms with E-state index in [0.717, 1.165) is 15.6 Å². The van der Waals surface area contributed by atoms with Crippen LogP contribution in [-0.2, 0) is 4.79 Å². The maximum Gasteiger partial charge on any atom is 0.280 e. The second kappa shape index (κ2) is 7.70. The third kappa shape index (κ3) is 4.66. The van der Waals surface area contributed by atoms with Crippen LogP contribution in [0, 0.1) is 6.92 Å². The van der Waals surface area contributed by atoms with Gasteiger partial charge in [-0.25, -0.2) is 5.43 Å². The number of nitrogens with zero attached hydrogens (tertiary/aromatic N) is 2. The Balaban J connectivity index is 1.91. The molecule has 0 saturated carbocycles. The van der Waals surface area contributed by atoms with Crippen molar-refractivity contribution in [3.8, 4) is 5.75 Å². The van der Waals surface area contributed by atoms with Crippen LogP contribution in [0.25, 0.3) is 0 Å². The van der Waals surface area contributed by atoms with Crippen LogP contribution < -0.4 is 10.2 Å². The summed E-state index contributed by atoms with van der Waals surface area (Å²) in [5.41, 5.74) is 4.41. The predicted molar refractivity (Wildman–Crippen MR) is 88.9 cm³/mol. The first-order valence-electron chi connectivity index (χ1n) is 6.72. The number of aryl methyl sites for hydroxylation is 1. The Morgan fingerprint density at radius 3 is 2.77 bits per heavy atom. The molecule has 0 radical (unpaired) electrons. The van der Waals surface area contributed by atoms with Crippen molar-refractivity contribution in [2.45, 2.75) is 20.0 Å². The molecular formula is C16H16BrN3O2. The lowest BCUT2D eigenvalue weighted by molar-refractivity contribution is -0.127. The molecule has 0 spiro atoms. The van der Waals surface area contributed by atoms with Crippen LogP contribution in [0.1, 0.15) is 18.1 Å². The van der Waals surface area contributed by atoms with E-state index in [9.17, 15) is 4.79 Å². The van der Waals surface area contributed by atoms with Crippen LogP contribution in [-0.4, -0.2) is 23.2 Å². The summed E-state index contributed by atoms with van der Waals surface area (Å²) in [5, 5.41) is 3.90. The molecule has 0 aliphatic rings. The van der Waals surface area contributed by atoms with Gasteiger partial charge in [-0.1, -0.05) is 6.07 Å². The maximum absolute atomic E-state index is 11.9. The van der Waals surface area contributed by atoms with Crippen molar-refractivity contribution in [3.63, 3.8) is 0 Å². The van der Waals surface area contributed by atoms with Crippen LogP contribution in [0.15, 0.2) is 52.3 Å². The van der Waals surface area contributed by atoms with Gasteiger partial charge in [-0.05, 0) is 65.2 Å². The van der Waals surface area contributed by atoms with Gasteiger partial charge in [-0.15, -0.1) is 0 Å². The standard InChI is InChI=1S/C16H16BrN3O2/c1-11-3-4-15(14(17)9-11)22-12(2)16(21)20-19-10-13-5-7-18-8-6-13/h3-10,12H,1-2H3,(H,20,21)/b19-10+/t12-/m1/s1. The van der Waals surface area contributed by atoms with Gasteiger partial charge in [-0.3, -0.25) is 9.78 Å². The van der Waals surface area contributed by atoms with E-state index in [0.29, 0.717) is 5.75 Å². The lowest BCUT2D eigenvalue weighted by atomic mass is 10.2. The number of halogens is 1. The highest BCUT2D eigenvalue weighted by atomic mass is 79.9. The first-order valence-corrected chi connectivity index (χ1v) is 7.51. The van der Waals surface area contributed by atoms with E-state index in [4.69, 9.17) is 4.74 Å². The largest absolute Gasteiger partial charge is 0.480 e. The molecule has 0 aliphatic carbocycles. The summed E-state index contributed by atoms with van der Waals surface area (Å²) in [4.78, 5) is 15.8. The zero-order chi connectivity index (χ0) is 15.9. The van der Waals surface area contributed by atoms with Gasteiger partial charge < -0.3 is 4.74 Å². The molecule has 0 fully saturated rings. The Kier molecular flexibility index (Phi) is 5.66. The van der Waals surface area contributed by atoms with Crippen molar-refractivity contribution >= 4 is 28.1 Å². The van der Waals surface area contributed by atoms with E-state index in [2.05, 4.69) is 31.4 Å². The topological polar surface area (TPSA) is 63.6 Å². The highest BCUT2D eigenvalue weighted by Gasteiger charge is 2.15. The van der Waals surface area contributed by atoms with Gasteiger partial charge in [0.1, 0.15) is 5.75 Å². The minimum atomic E-state index is -0.659. The molecule has 1 aromatic heterocycles. The molecule has 114 valence electrons. The lowest BCUT2D eigenvalue weighted by Crippen LogP contribution is -2.33. The Morgan fingerprint density at radius 2 is 2.09 bits per heavy atom. The number of nitrogens with one attached hydrogen (secondary N) is 1. The zero-order valence-corrected chi connectivity index (χ0v) is 13.9. The first kappa shape index (κ1) is 16.2. The molecule has 0 unspecified atom stereocenters. The van der Waals surface area contributed by atoms with Gasteiger partial charge in [0.25, 0.3) is 5.91 Å². The normalized spacial score (nSPS) is 12.1. The fraction of sp³-hybridized carbons (Fsp3) is 0.188. The summed E-state index contributed by atoms with van der Waals surface area (Å²) in [6, 6.07) is 9.26. The summed E-state index contributed by atoms with van der Waals surface area (Å²) in [6.45, 7) is 3.65. The number of hydrogen-bond donors (Lipinski definition) is 1. The van der Waals surface area contributed by atoms with Crippen molar-refractivity contribution in [2.75, 3.05) is 0 Å². The number of aromatic nitrogens is 1. The van der Waals surface area contributed by atoms with Crippen molar-refractivity contribution in [2.24, 2.45) is 5.10 Å². The molecule has 22 heavy (non-hydrogen) atoms. The van der Waals surface area contributed by atoms with E-state index >= 15 is 0 Å². The number of ether oxygens (including phenoxy) is 1. The van der Waals surface area contributed by atoms with Crippen LogP contribution in [0.2, 0.25) is 0 Å². The van der Waals surface area contributed by atoms with Crippen LogP contribution in [0.4, 0.5) is 0 Å². The number of hydrazone groups is 1. The van der Waals surface area contributed by atoms with Crippen LogP contribution in [0.5, 0.6) is 5.75 Å². The van der Waals surface area contributed by atoms with E-state index in [1.165, 1.54) is 0 Å². The summed E-state index contributed by atoms with van der Waals surface area (Å²) >= 11 is 3.42. The number of carbonyl (C=O) groups is 1. The van der Waals surface area contributed by atoms with E-state index in [1.807, 2.05) is 25.1 Å². The average Bonchev–Trinajstić information content (AvgIpc) is 2.51. The molecule has 0 bridgehead atoms. The minimum absolute atomic E-state index is 0.321. The van der Waals surface area contributed by atoms with Crippen molar-refractivity contribution in [1.29, 1.82) is 0 Å². The Labute approximate surface area is 137 Å². The predicted octanol–water partition coefficient (Wildman–Crippen LogP) is 3.07. The smallest absolute Gasteiger partial charge is 0.280 e. The monoisotopic (exact) mass is 361 g/mol. The molecule has 0 aliphatic heterocycles. The second-order valence-electron chi connectivity index (χ2n) is 4.71. The van der Waals surface area contributed by atoms with Crippen LogP contribution in [0.3, 0.4) is 0 Å². The molecule has 2 rings (SSSR count). The number of hydrogen-bond acceptors (Lipinski definition) is 4. The summed E-state index contributed by atoms with van der Waals surface area (Å²) in [6.07, 6.45) is 4.20. The SMILES string of the molecule is Cc1ccc(O[C@H](C)C(=O)N/N=C/c2ccncc2)c(Br)c1. The molecule has 1 heterocycles. The summed E-state index contributed by atoms with van der Waals surface area (Å²) in [7, 11) is 0. The summed E-state index contributed by atoms with van der Waals surface area (Å²) < 4.78 is 6.43. The van der Waals surface area contributed by atoms with Gasteiger partial charge in [0, 0.05) is 12.4 Å². The van der Waals surface area contributed by atoms with Gasteiger partial charge in [-0.2, -0.15) is 5.10 Å². The quantitative estimate of drug-likeness (QED) is 0.657. The number of amides is 1. The van der Waals surface area contributed by atoms with Gasteiger partial charge in [0.15, 0.2) is 6.10 Å².